The van der Waals surface area contributed by atoms with Gasteiger partial charge in [-0.25, -0.2) is 0 Å². The van der Waals surface area contributed by atoms with Gasteiger partial charge in [-0.05, 0) is 48.4 Å². The monoisotopic (exact) mass is 375 g/mol. The molecule has 3 rings (SSSR count). The first kappa shape index (κ1) is 19.1. The Hall–Kier alpha value is -3.72. The number of benzene rings is 2. The summed E-state index contributed by atoms with van der Waals surface area (Å²) < 4.78 is 12.7. The van der Waals surface area contributed by atoms with Gasteiger partial charge < -0.3 is 19.8 Å². The van der Waals surface area contributed by atoms with Crippen LogP contribution in [0.2, 0.25) is 0 Å². The van der Waals surface area contributed by atoms with E-state index in [4.69, 9.17) is 20.5 Å². The van der Waals surface area contributed by atoms with Gasteiger partial charge in [-0.15, -0.1) is 0 Å². The molecule has 2 aromatic carbocycles. The summed E-state index contributed by atoms with van der Waals surface area (Å²) in [5, 5.41) is 9.02. The summed E-state index contributed by atoms with van der Waals surface area (Å²) in [5.41, 5.74) is 10.1. The fourth-order valence-corrected chi connectivity index (χ4v) is 3.21. The van der Waals surface area contributed by atoms with E-state index >= 15 is 0 Å². The average Bonchev–Trinajstić information content (AvgIpc) is 3.04. The third-order valence-corrected chi connectivity index (χ3v) is 4.73. The maximum atomic E-state index is 11.9. The zero-order valence-corrected chi connectivity index (χ0v) is 16.0. The van der Waals surface area contributed by atoms with Gasteiger partial charge in [0.1, 0.15) is 0 Å². The number of carbonyl (C=O) groups excluding carboxylic acids is 1. The molecule has 0 bridgehead atoms. The van der Waals surface area contributed by atoms with E-state index in [1.807, 2.05) is 41.8 Å². The molecule has 142 valence electrons. The number of aromatic nitrogens is 1. The molecule has 6 nitrogen and oxygen atoms in total. The van der Waals surface area contributed by atoms with Crippen molar-refractivity contribution in [1.82, 2.24) is 4.57 Å². The van der Waals surface area contributed by atoms with Crippen LogP contribution in [0.15, 0.2) is 48.5 Å². The van der Waals surface area contributed by atoms with E-state index in [-0.39, 0.29) is 0 Å². The minimum atomic E-state index is -0.474. The molecule has 0 saturated heterocycles. The standard InChI is InChI=1S/C22H21N3O3/c1-14-18(22(24)26)11-19(17-7-4-15(12-23)5-8-17)25(14)13-16-6-9-20(27-2)21(10-16)28-3/h4-11H,13H2,1-3H3,(H2,24,26). The third kappa shape index (κ3) is 3.55. The fraction of sp³-hybridized carbons (Fsp3) is 0.182. The van der Waals surface area contributed by atoms with Crippen LogP contribution in [-0.4, -0.2) is 24.7 Å². The summed E-state index contributed by atoms with van der Waals surface area (Å²) in [6.45, 7) is 2.39. The highest BCUT2D eigenvalue weighted by Gasteiger charge is 2.17. The lowest BCUT2D eigenvalue weighted by Gasteiger charge is -2.14. The summed E-state index contributed by atoms with van der Waals surface area (Å²) in [7, 11) is 3.19. The van der Waals surface area contributed by atoms with Gasteiger partial charge in [-0.3, -0.25) is 4.79 Å². The largest absolute Gasteiger partial charge is 0.493 e. The van der Waals surface area contributed by atoms with Crippen LogP contribution in [0, 0.1) is 18.3 Å². The minimum absolute atomic E-state index is 0.472. The minimum Gasteiger partial charge on any atom is -0.493 e. The Labute approximate surface area is 163 Å². The van der Waals surface area contributed by atoms with Crippen LogP contribution < -0.4 is 15.2 Å². The Balaban J connectivity index is 2.09. The first-order valence-electron chi connectivity index (χ1n) is 8.69. The van der Waals surface area contributed by atoms with Crippen LogP contribution in [0.1, 0.15) is 27.2 Å². The van der Waals surface area contributed by atoms with Crippen molar-refractivity contribution in [3.05, 3.63) is 70.9 Å². The summed E-state index contributed by atoms with van der Waals surface area (Å²) >= 11 is 0. The fourth-order valence-electron chi connectivity index (χ4n) is 3.21. The van der Waals surface area contributed by atoms with E-state index in [0.717, 1.165) is 22.5 Å². The highest BCUT2D eigenvalue weighted by molar-refractivity contribution is 5.95. The van der Waals surface area contributed by atoms with Crippen LogP contribution >= 0.6 is 0 Å². The van der Waals surface area contributed by atoms with Crippen molar-refractivity contribution in [3.8, 4) is 28.8 Å². The number of rotatable bonds is 6. The molecule has 2 N–H and O–H groups in total. The van der Waals surface area contributed by atoms with E-state index in [9.17, 15) is 4.79 Å². The van der Waals surface area contributed by atoms with Crippen molar-refractivity contribution in [2.45, 2.75) is 13.5 Å². The second-order valence-corrected chi connectivity index (χ2v) is 6.36. The number of nitriles is 1. The average molecular weight is 375 g/mol. The summed E-state index contributed by atoms with van der Waals surface area (Å²) in [5.74, 6) is 0.818. The third-order valence-electron chi connectivity index (χ3n) is 4.73. The molecule has 0 fully saturated rings. The van der Waals surface area contributed by atoms with E-state index < -0.39 is 5.91 Å². The molecule has 1 aromatic heterocycles. The van der Waals surface area contributed by atoms with E-state index in [1.54, 1.807) is 32.4 Å². The number of methoxy groups -OCH3 is 2. The highest BCUT2D eigenvalue weighted by atomic mass is 16.5. The topological polar surface area (TPSA) is 90.3 Å². The number of primary amides is 1. The van der Waals surface area contributed by atoms with Gasteiger partial charge in [0.2, 0.25) is 0 Å². The molecular formula is C22H21N3O3. The van der Waals surface area contributed by atoms with Crippen LogP contribution in [0.4, 0.5) is 0 Å². The number of amides is 1. The molecule has 0 saturated carbocycles. The van der Waals surface area contributed by atoms with Gasteiger partial charge in [0.25, 0.3) is 5.91 Å². The first-order chi connectivity index (χ1) is 13.5. The maximum Gasteiger partial charge on any atom is 0.250 e. The van der Waals surface area contributed by atoms with Crippen molar-refractivity contribution in [3.63, 3.8) is 0 Å². The Bertz CT molecular complexity index is 1060. The summed E-state index contributed by atoms with van der Waals surface area (Å²) in [6, 6.07) is 16.8. The predicted molar refractivity (Wildman–Crippen MR) is 106 cm³/mol. The molecular weight excluding hydrogens is 354 g/mol. The van der Waals surface area contributed by atoms with Crippen LogP contribution in [0.3, 0.4) is 0 Å². The van der Waals surface area contributed by atoms with Gasteiger partial charge in [0.05, 0.1) is 31.4 Å². The van der Waals surface area contributed by atoms with Crippen molar-refractivity contribution < 1.29 is 14.3 Å². The summed E-state index contributed by atoms with van der Waals surface area (Å²) in [4.78, 5) is 11.9. The smallest absolute Gasteiger partial charge is 0.250 e. The van der Waals surface area contributed by atoms with Gasteiger partial charge in [-0.1, -0.05) is 18.2 Å². The molecule has 3 aromatic rings. The molecule has 0 spiro atoms. The molecule has 0 atom stereocenters. The quantitative estimate of drug-likeness (QED) is 0.714. The zero-order valence-electron chi connectivity index (χ0n) is 16.0. The maximum absolute atomic E-state index is 11.9. The Morgan fingerprint density at radius 3 is 2.32 bits per heavy atom. The molecule has 1 amide bonds. The first-order valence-corrected chi connectivity index (χ1v) is 8.69. The lowest BCUT2D eigenvalue weighted by molar-refractivity contribution is 0.0999. The predicted octanol–water partition coefficient (Wildman–Crippen LogP) is 3.50. The van der Waals surface area contributed by atoms with Crippen molar-refractivity contribution in [1.29, 1.82) is 5.26 Å². The lowest BCUT2D eigenvalue weighted by Crippen LogP contribution is -2.12. The van der Waals surface area contributed by atoms with Crippen molar-refractivity contribution in [2.75, 3.05) is 14.2 Å². The molecule has 0 aliphatic heterocycles. The number of hydrogen-bond donors (Lipinski definition) is 1. The lowest BCUT2D eigenvalue weighted by atomic mass is 10.1. The van der Waals surface area contributed by atoms with Gasteiger partial charge in [-0.2, -0.15) is 5.26 Å². The van der Waals surface area contributed by atoms with Crippen molar-refractivity contribution >= 4 is 5.91 Å². The number of nitrogens with two attached hydrogens (primary N) is 1. The molecule has 28 heavy (non-hydrogen) atoms. The second-order valence-electron chi connectivity index (χ2n) is 6.36. The van der Waals surface area contributed by atoms with E-state index in [2.05, 4.69) is 6.07 Å². The highest BCUT2D eigenvalue weighted by Crippen LogP contribution is 2.31. The SMILES string of the molecule is COc1ccc(Cn2c(-c3ccc(C#N)cc3)cc(C(N)=O)c2C)cc1OC. The molecule has 0 unspecified atom stereocenters. The Morgan fingerprint density at radius 2 is 1.75 bits per heavy atom. The van der Waals surface area contributed by atoms with Crippen LogP contribution in [0.5, 0.6) is 11.5 Å². The molecule has 1 heterocycles. The van der Waals surface area contributed by atoms with E-state index in [0.29, 0.717) is 29.2 Å². The molecule has 0 aliphatic rings. The summed E-state index contributed by atoms with van der Waals surface area (Å²) in [6.07, 6.45) is 0. The Kier molecular flexibility index (Phi) is 5.37. The number of ether oxygens (including phenoxy) is 2. The molecule has 0 aliphatic carbocycles. The second kappa shape index (κ2) is 7.89. The van der Waals surface area contributed by atoms with Gasteiger partial charge in [0.15, 0.2) is 11.5 Å². The van der Waals surface area contributed by atoms with Crippen LogP contribution in [-0.2, 0) is 6.54 Å². The van der Waals surface area contributed by atoms with E-state index in [1.165, 1.54) is 0 Å². The van der Waals surface area contributed by atoms with Gasteiger partial charge >= 0.3 is 0 Å². The number of nitrogens with zero attached hydrogens (tertiary/aromatic N) is 2. The normalized spacial score (nSPS) is 10.4. The van der Waals surface area contributed by atoms with Crippen molar-refractivity contribution in [2.24, 2.45) is 5.73 Å². The number of hydrogen-bond acceptors (Lipinski definition) is 4. The van der Waals surface area contributed by atoms with Gasteiger partial charge in [0, 0.05) is 17.9 Å². The Morgan fingerprint density at radius 1 is 1.07 bits per heavy atom. The number of carbonyl (C=O) groups is 1. The molecule has 0 radical (unpaired) electrons. The molecule has 6 heteroatoms. The zero-order chi connectivity index (χ0) is 20.3. The van der Waals surface area contributed by atoms with Crippen LogP contribution in [0.25, 0.3) is 11.3 Å².